The monoisotopic (exact) mass is 572 g/mol. The molecule has 5 rings (SSSR count). The maximum absolute atomic E-state index is 14.2. The quantitative estimate of drug-likeness (QED) is 0.115. The van der Waals surface area contributed by atoms with Crippen molar-refractivity contribution in [2.75, 3.05) is 11.9 Å². The van der Waals surface area contributed by atoms with Gasteiger partial charge in [-0.25, -0.2) is 13.9 Å². The van der Waals surface area contributed by atoms with Gasteiger partial charge in [0.15, 0.2) is 0 Å². The molecule has 1 unspecified atom stereocenters. The summed E-state index contributed by atoms with van der Waals surface area (Å²) >= 11 is 1.34. The Morgan fingerprint density at radius 3 is 2.49 bits per heavy atom. The first-order valence-electron chi connectivity index (χ1n) is 13.7. The topological polar surface area (TPSA) is 78.3 Å². The van der Waals surface area contributed by atoms with Gasteiger partial charge in [0.25, 0.3) is 0 Å². The van der Waals surface area contributed by atoms with E-state index in [1.54, 1.807) is 22.9 Å². The molecule has 0 fully saturated rings. The zero-order valence-electron chi connectivity index (χ0n) is 23.4. The number of nitrogens with zero attached hydrogens (tertiary/aromatic N) is 3. The standard InChI is InChI=1S/C32H33FN4O3S/c1-4-5-18-39-30(38)28-22(3)34-31-35-32(41-20-25-12-8-9-13-27(25)33)36-37(31)29(28)23-14-16-26(17-15-23)40-19-24-11-7-6-10-21(24)2/h6-17,29H,4-5,18-20H2,1-3H3,(H,34,35,36). The van der Waals surface area contributed by atoms with E-state index in [1.807, 2.05) is 50.2 Å². The average Bonchev–Trinajstić information content (AvgIpc) is 3.38. The van der Waals surface area contributed by atoms with Gasteiger partial charge in [0, 0.05) is 11.4 Å². The fourth-order valence-corrected chi connectivity index (χ4v) is 5.40. The maximum atomic E-state index is 14.2. The highest BCUT2D eigenvalue weighted by Gasteiger charge is 2.35. The zero-order chi connectivity index (χ0) is 28.8. The number of unbranched alkanes of at least 4 members (excludes halogenated alkanes) is 1. The molecule has 1 aromatic heterocycles. The number of aromatic nitrogens is 3. The Hall–Kier alpha value is -4.11. The molecule has 1 atom stereocenters. The lowest BCUT2D eigenvalue weighted by Gasteiger charge is -2.28. The Kier molecular flexibility index (Phi) is 9.04. The van der Waals surface area contributed by atoms with E-state index >= 15 is 0 Å². The van der Waals surface area contributed by atoms with Crippen LogP contribution < -0.4 is 10.1 Å². The predicted molar refractivity (Wildman–Crippen MR) is 158 cm³/mol. The molecule has 9 heteroatoms. The van der Waals surface area contributed by atoms with E-state index in [0.29, 0.717) is 46.9 Å². The second-order valence-corrected chi connectivity index (χ2v) is 10.8. The molecule has 7 nitrogen and oxygen atoms in total. The van der Waals surface area contributed by atoms with Crippen molar-refractivity contribution >= 4 is 23.7 Å². The lowest BCUT2D eigenvalue weighted by molar-refractivity contribution is -0.139. The lowest BCUT2D eigenvalue weighted by atomic mass is 9.95. The second-order valence-electron chi connectivity index (χ2n) is 9.88. The zero-order valence-corrected chi connectivity index (χ0v) is 24.2. The van der Waals surface area contributed by atoms with Gasteiger partial charge >= 0.3 is 5.97 Å². The van der Waals surface area contributed by atoms with E-state index in [9.17, 15) is 9.18 Å². The number of hydrogen-bond donors (Lipinski definition) is 1. The van der Waals surface area contributed by atoms with Crippen molar-refractivity contribution in [1.29, 1.82) is 0 Å². The van der Waals surface area contributed by atoms with Gasteiger partial charge in [0.2, 0.25) is 11.1 Å². The average molecular weight is 573 g/mol. The summed E-state index contributed by atoms with van der Waals surface area (Å²) in [6.45, 7) is 6.76. The molecule has 41 heavy (non-hydrogen) atoms. The fourth-order valence-electron chi connectivity index (χ4n) is 4.59. The maximum Gasteiger partial charge on any atom is 0.338 e. The molecule has 1 aliphatic heterocycles. The van der Waals surface area contributed by atoms with Crippen LogP contribution in [0.1, 0.15) is 55.0 Å². The molecule has 0 saturated heterocycles. The number of anilines is 1. The summed E-state index contributed by atoms with van der Waals surface area (Å²) in [6.07, 6.45) is 1.71. The van der Waals surface area contributed by atoms with Gasteiger partial charge in [0.05, 0.1) is 12.2 Å². The van der Waals surface area contributed by atoms with Crippen LogP contribution in [-0.4, -0.2) is 27.3 Å². The molecule has 2 heterocycles. The molecule has 0 radical (unpaired) electrons. The molecule has 4 aromatic rings. The Labute approximate surface area is 243 Å². The highest BCUT2D eigenvalue weighted by molar-refractivity contribution is 7.98. The number of thioether (sulfide) groups is 1. The summed E-state index contributed by atoms with van der Waals surface area (Å²) in [5.41, 5.74) is 4.84. The Morgan fingerprint density at radius 1 is 1.02 bits per heavy atom. The predicted octanol–water partition coefficient (Wildman–Crippen LogP) is 7.23. The third-order valence-electron chi connectivity index (χ3n) is 6.95. The lowest BCUT2D eigenvalue weighted by Crippen LogP contribution is -2.29. The first-order valence-corrected chi connectivity index (χ1v) is 14.7. The molecule has 1 N–H and O–H groups in total. The minimum absolute atomic E-state index is 0.265. The summed E-state index contributed by atoms with van der Waals surface area (Å²) in [6, 6.07) is 21.9. The van der Waals surface area contributed by atoms with Crippen molar-refractivity contribution in [2.24, 2.45) is 0 Å². The smallest absolute Gasteiger partial charge is 0.338 e. The van der Waals surface area contributed by atoms with Gasteiger partial charge in [-0.05, 0) is 60.7 Å². The highest BCUT2D eigenvalue weighted by atomic mass is 32.2. The molecule has 1 aliphatic rings. The molecule has 0 spiro atoms. The number of fused-ring (bicyclic) bond motifs is 1. The van der Waals surface area contributed by atoms with Gasteiger partial charge < -0.3 is 14.8 Å². The number of rotatable bonds is 11. The SMILES string of the molecule is CCCCOC(=O)C1=C(C)Nc2nc(SCc3ccccc3F)nn2C1c1ccc(OCc2ccccc2C)cc1. The van der Waals surface area contributed by atoms with Crippen molar-refractivity contribution < 1.29 is 18.7 Å². The number of nitrogens with one attached hydrogen (secondary N) is 1. The number of benzene rings is 3. The van der Waals surface area contributed by atoms with Crippen LogP contribution in [-0.2, 0) is 21.9 Å². The van der Waals surface area contributed by atoms with Crippen molar-refractivity contribution in [2.45, 2.75) is 57.2 Å². The third kappa shape index (κ3) is 6.62. The number of hydrogen-bond acceptors (Lipinski definition) is 7. The third-order valence-corrected chi connectivity index (χ3v) is 7.84. The van der Waals surface area contributed by atoms with Crippen LogP contribution in [0.15, 0.2) is 89.2 Å². The van der Waals surface area contributed by atoms with Gasteiger partial charge in [-0.3, -0.25) is 0 Å². The highest BCUT2D eigenvalue weighted by Crippen LogP contribution is 2.37. The van der Waals surface area contributed by atoms with Crippen molar-refractivity contribution in [3.05, 3.63) is 112 Å². The van der Waals surface area contributed by atoms with E-state index in [2.05, 4.69) is 29.4 Å². The second kappa shape index (κ2) is 13.0. The van der Waals surface area contributed by atoms with E-state index in [-0.39, 0.29) is 5.82 Å². The molecule has 0 aliphatic carbocycles. The number of carbonyl (C=O) groups is 1. The van der Waals surface area contributed by atoms with Gasteiger partial charge in [-0.1, -0.05) is 79.7 Å². The summed E-state index contributed by atoms with van der Waals surface area (Å²) in [5.74, 6) is 0.952. The number of carbonyl (C=O) groups excluding carboxylic acids is 1. The van der Waals surface area contributed by atoms with Crippen molar-refractivity contribution in [1.82, 2.24) is 14.8 Å². The first kappa shape index (κ1) is 28.4. The molecular weight excluding hydrogens is 539 g/mol. The van der Waals surface area contributed by atoms with E-state index in [4.69, 9.17) is 14.6 Å². The number of allylic oxidation sites excluding steroid dienone is 1. The normalized spacial score (nSPS) is 14.4. The van der Waals surface area contributed by atoms with Crippen LogP contribution in [0.5, 0.6) is 5.75 Å². The summed E-state index contributed by atoms with van der Waals surface area (Å²) in [5, 5.41) is 8.44. The van der Waals surface area contributed by atoms with Crippen LogP contribution in [0.4, 0.5) is 10.3 Å². The van der Waals surface area contributed by atoms with E-state index in [0.717, 1.165) is 29.7 Å². The number of aryl methyl sites for hydroxylation is 1. The van der Waals surface area contributed by atoms with Gasteiger partial charge in [-0.15, -0.1) is 5.10 Å². The molecule has 0 saturated carbocycles. The Balaban J connectivity index is 1.41. The van der Waals surface area contributed by atoms with Crippen LogP contribution in [0.25, 0.3) is 0 Å². The van der Waals surface area contributed by atoms with Crippen molar-refractivity contribution in [3.8, 4) is 5.75 Å². The Bertz CT molecular complexity index is 1550. The minimum atomic E-state index is -0.555. The fraction of sp³-hybridized carbons (Fsp3) is 0.281. The number of halogens is 1. The van der Waals surface area contributed by atoms with Gasteiger partial charge in [-0.2, -0.15) is 4.98 Å². The molecule has 0 amide bonds. The van der Waals surface area contributed by atoms with Crippen LogP contribution in [0.2, 0.25) is 0 Å². The van der Waals surface area contributed by atoms with E-state index < -0.39 is 12.0 Å². The first-order chi connectivity index (χ1) is 19.9. The van der Waals surface area contributed by atoms with Crippen LogP contribution in [0, 0.1) is 12.7 Å². The van der Waals surface area contributed by atoms with Gasteiger partial charge in [0.1, 0.15) is 24.2 Å². The molecule has 3 aromatic carbocycles. The molecule has 0 bridgehead atoms. The number of ether oxygens (including phenoxy) is 2. The summed E-state index contributed by atoms with van der Waals surface area (Å²) < 4.78 is 27.6. The summed E-state index contributed by atoms with van der Waals surface area (Å²) in [4.78, 5) is 18.0. The minimum Gasteiger partial charge on any atom is -0.489 e. The van der Waals surface area contributed by atoms with Crippen LogP contribution >= 0.6 is 11.8 Å². The summed E-state index contributed by atoms with van der Waals surface area (Å²) in [7, 11) is 0. The largest absolute Gasteiger partial charge is 0.489 e. The van der Waals surface area contributed by atoms with Crippen molar-refractivity contribution in [3.63, 3.8) is 0 Å². The molecular formula is C32H33FN4O3S. The van der Waals surface area contributed by atoms with Crippen LogP contribution in [0.3, 0.4) is 0 Å². The van der Waals surface area contributed by atoms with E-state index in [1.165, 1.54) is 23.4 Å². The number of esters is 1. The Morgan fingerprint density at radius 2 is 1.76 bits per heavy atom. The molecule has 212 valence electrons.